The third kappa shape index (κ3) is 37.3. The van der Waals surface area contributed by atoms with Gasteiger partial charge in [-0.05, 0) is 89.5 Å². The summed E-state index contributed by atoms with van der Waals surface area (Å²) >= 11 is 0. The van der Waals surface area contributed by atoms with Crippen molar-refractivity contribution in [3.05, 3.63) is 85.1 Å². The Bertz CT molecular complexity index is 1020. The van der Waals surface area contributed by atoms with E-state index in [1.54, 1.807) is 0 Å². The van der Waals surface area contributed by atoms with Crippen LogP contribution in [0.3, 0.4) is 0 Å². The molecular weight excluding hydrogens is 610 g/mol. The number of carbonyl (C=O) groups is 3. The Morgan fingerprint density at radius 2 is 1.06 bits per heavy atom. The van der Waals surface area contributed by atoms with Crippen molar-refractivity contribution in [2.24, 2.45) is 0 Å². The molecular formula is C43H69NO5. The van der Waals surface area contributed by atoms with Gasteiger partial charge in [0.1, 0.15) is 12.6 Å². The number of nitrogens with one attached hydrogen (secondary N) is 1. The second-order valence-corrected chi connectivity index (χ2v) is 12.4. The van der Waals surface area contributed by atoms with Gasteiger partial charge in [0.25, 0.3) is 0 Å². The fraction of sp³-hybridized carbons (Fsp3) is 0.605. The van der Waals surface area contributed by atoms with Crippen molar-refractivity contribution in [3.8, 4) is 0 Å². The predicted molar refractivity (Wildman–Crippen MR) is 207 cm³/mol. The van der Waals surface area contributed by atoms with Gasteiger partial charge in [-0.2, -0.15) is 0 Å². The topological polar surface area (TPSA) is 92.7 Å². The van der Waals surface area contributed by atoms with Crippen molar-refractivity contribution >= 4 is 17.8 Å². The summed E-state index contributed by atoms with van der Waals surface area (Å²) < 4.78 is 5.85. The molecule has 1 atom stereocenters. The highest BCUT2D eigenvalue weighted by Gasteiger charge is 2.11. The Hall–Kier alpha value is -3.41. The average Bonchev–Trinajstić information content (AvgIpc) is 3.08. The molecule has 0 radical (unpaired) electrons. The number of allylic oxidation sites excluding steroid dienone is 13. The van der Waals surface area contributed by atoms with Crippen LogP contribution in [0.25, 0.3) is 0 Å². The molecule has 276 valence electrons. The summed E-state index contributed by atoms with van der Waals surface area (Å²) in [6, 6.07) is 0. The highest BCUT2D eigenvalue weighted by atomic mass is 16.5. The number of carboxylic acids is 1. The zero-order valence-corrected chi connectivity index (χ0v) is 31.0. The highest BCUT2D eigenvalue weighted by Crippen LogP contribution is 2.14. The van der Waals surface area contributed by atoms with Gasteiger partial charge in [0.15, 0.2) is 0 Å². The van der Waals surface area contributed by atoms with Gasteiger partial charge < -0.3 is 15.2 Å². The van der Waals surface area contributed by atoms with E-state index in [0.29, 0.717) is 12.8 Å². The van der Waals surface area contributed by atoms with Crippen LogP contribution >= 0.6 is 0 Å². The first-order valence-electron chi connectivity index (χ1n) is 19.2. The quantitative estimate of drug-likeness (QED) is 0.0409. The summed E-state index contributed by atoms with van der Waals surface area (Å²) in [6.45, 7) is 4.01. The van der Waals surface area contributed by atoms with Crippen LogP contribution in [0.2, 0.25) is 0 Å². The number of carboxylic acid groups (broad SMARTS) is 1. The summed E-state index contributed by atoms with van der Waals surface area (Å²) in [4.78, 5) is 34.8. The van der Waals surface area contributed by atoms with E-state index < -0.39 is 5.97 Å². The fourth-order valence-corrected chi connectivity index (χ4v) is 4.94. The van der Waals surface area contributed by atoms with Gasteiger partial charge in [0, 0.05) is 12.8 Å². The maximum Gasteiger partial charge on any atom is 0.322 e. The fourth-order valence-electron chi connectivity index (χ4n) is 4.94. The van der Waals surface area contributed by atoms with Crippen molar-refractivity contribution in [1.29, 1.82) is 0 Å². The number of hydrogen-bond acceptors (Lipinski definition) is 4. The second kappa shape index (κ2) is 37.4. The minimum Gasteiger partial charge on any atom is -0.480 e. The Morgan fingerprint density at radius 3 is 1.65 bits per heavy atom. The largest absolute Gasteiger partial charge is 0.480 e. The van der Waals surface area contributed by atoms with Crippen LogP contribution in [0.5, 0.6) is 0 Å². The Balaban J connectivity index is 4.13. The zero-order chi connectivity index (χ0) is 35.9. The summed E-state index contributed by atoms with van der Waals surface area (Å²) in [6.07, 6.45) is 51.5. The van der Waals surface area contributed by atoms with Crippen LogP contribution in [0.4, 0.5) is 0 Å². The molecule has 6 heteroatoms. The van der Waals surface area contributed by atoms with Gasteiger partial charge in [-0.15, -0.1) is 0 Å². The third-order valence-electron chi connectivity index (χ3n) is 7.79. The van der Waals surface area contributed by atoms with Gasteiger partial charge in [0.2, 0.25) is 5.91 Å². The lowest BCUT2D eigenvalue weighted by Gasteiger charge is -2.14. The lowest BCUT2D eigenvalue weighted by Crippen LogP contribution is -2.28. The maximum atomic E-state index is 12.6. The molecule has 1 unspecified atom stereocenters. The van der Waals surface area contributed by atoms with Gasteiger partial charge in [-0.25, -0.2) is 0 Å². The first-order valence-corrected chi connectivity index (χ1v) is 19.2. The van der Waals surface area contributed by atoms with Gasteiger partial charge in [-0.3, -0.25) is 14.4 Å². The van der Waals surface area contributed by atoms with E-state index >= 15 is 0 Å². The number of hydrogen-bond donors (Lipinski definition) is 2. The molecule has 0 saturated carbocycles. The molecule has 0 rings (SSSR count). The molecule has 0 aliphatic rings. The van der Waals surface area contributed by atoms with Gasteiger partial charge >= 0.3 is 11.9 Å². The molecule has 2 N–H and O–H groups in total. The number of aliphatic carboxylic acids is 1. The van der Waals surface area contributed by atoms with Crippen LogP contribution < -0.4 is 5.32 Å². The van der Waals surface area contributed by atoms with Crippen molar-refractivity contribution in [2.75, 3.05) is 6.54 Å². The molecule has 0 heterocycles. The van der Waals surface area contributed by atoms with Crippen molar-refractivity contribution in [1.82, 2.24) is 5.32 Å². The van der Waals surface area contributed by atoms with Crippen molar-refractivity contribution in [2.45, 2.75) is 161 Å². The monoisotopic (exact) mass is 680 g/mol. The zero-order valence-electron chi connectivity index (χ0n) is 31.0. The first-order chi connectivity index (χ1) is 24.0. The van der Waals surface area contributed by atoms with E-state index in [-0.39, 0.29) is 24.5 Å². The average molecular weight is 680 g/mol. The Kier molecular flexibility index (Phi) is 34.8. The smallest absolute Gasteiger partial charge is 0.322 e. The molecule has 6 nitrogen and oxygen atoms in total. The minimum absolute atomic E-state index is 0.123. The van der Waals surface area contributed by atoms with E-state index in [2.05, 4.69) is 98.2 Å². The van der Waals surface area contributed by atoms with E-state index in [0.717, 1.165) is 103 Å². The molecule has 0 aromatic heterocycles. The van der Waals surface area contributed by atoms with Crippen LogP contribution in [-0.2, 0) is 19.1 Å². The second-order valence-electron chi connectivity index (χ2n) is 12.4. The normalized spacial score (nSPS) is 13.0. The molecule has 0 spiro atoms. The van der Waals surface area contributed by atoms with Crippen molar-refractivity contribution < 1.29 is 24.2 Å². The number of ether oxygens (including phenoxy) is 1. The van der Waals surface area contributed by atoms with E-state index in [9.17, 15) is 14.4 Å². The minimum atomic E-state index is -1.04. The van der Waals surface area contributed by atoms with Gasteiger partial charge in [-0.1, -0.05) is 138 Å². The molecule has 49 heavy (non-hydrogen) atoms. The number of unbranched alkanes of at least 4 members (excludes halogenated alkanes) is 10. The summed E-state index contributed by atoms with van der Waals surface area (Å²) in [5, 5.41) is 11.0. The predicted octanol–water partition coefficient (Wildman–Crippen LogP) is 11.6. The molecule has 0 fully saturated rings. The molecule has 0 saturated heterocycles. The highest BCUT2D eigenvalue weighted by molar-refractivity contribution is 5.80. The van der Waals surface area contributed by atoms with Crippen LogP contribution in [0.1, 0.15) is 155 Å². The van der Waals surface area contributed by atoms with Crippen LogP contribution in [-0.4, -0.2) is 35.6 Å². The lowest BCUT2D eigenvalue weighted by molar-refractivity contribution is -0.147. The first kappa shape index (κ1) is 45.6. The Morgan fingerprint density at radius 1 is 0.571 bits per heavy atom. The summed E-state index contributed by atoms with van der Waals surface area (Å²) in [5.41, 5.74) is 0. The van der Waals surface area contributed by atoms with E-state index in [1.165, 1.54) is 25.7 Å². The van der Waals surface area contributed by atoms with Crippen molar-refractivity contribution in [3.63, 3.8) is 0 Å². The number of amides is 1. The Labute approximate surface area is 299 Å². The van der Waals surface area contributed by atoms with E-state index in [4.69, 9.17) is 9.84 Å². The standard InChI is InChI=1S/C43H69NO5/c1-3-5-7-9-11-12-13-14-15-16-17-18-19-20-21-22-23-24-26-28-34-38-43(48)49-40(35-31-27-25-10-8-6-4-2)36-32-29-30-33-37-41(45)44-39-42(46)47/h5,7,10-12,14-15,17-18,20-21,25,31,35,40H,3-4,6,8-9,13,16,19,22-24,26-30,32-34,36-39H2,1-2H3,(H,44,45)(H,46,47)/b7-5-,12-11-,15-14-,18-17-,21-20-,25-10-,35-31-. The number of carbonyl (C=O) groups excluding carboxylic acids is 2. The van der Waals surface area contributed by atoms with Crippen LogP contribution in [0, 0.1) is 0 Å². The molecule has 0 aromatic carbocycles. The molecule has 0 aliphatic heterocycles. The SMILES string of the molecule is CC/C=C\C/C=C\C/C=C\C/C=C\C/C=C\CCCCCCCC(=O)OC(/C=C\C/C=C\CCCC)CCCCCCC(=O)NCC(=O)O. The van der Waals surface area contributed by atoms with E-state index in [1.807, 2.05) is 6.08 Å². The summed E-state index contributed by atoms with van der Waals surface area (Å²) in [5.74, 6) is -1.39. The number of rotatable bonds is 33. The van der Waals surface area contributed by atoms with Gasteiger partial charge in [0.05, 0.1) is 0 Å². The molecule has 0 aliphatic carbocycles. The molecule has 1 amide bonds. The third-order valence-corrected chi connectivity index (χ3v) is 7.79. The lowest BCUT2D eigenvalue weighted by atomic mass is 10.1. The summed E-state index contributed by atoms with van der Waals surface area (Å²) in [7, 11) is 0. The molecule has 0 aromatic rings. The number of esters is 1. The van der Waals surface area contributed by atoms with Crippen LogP contribution in [0.15, 0.2) is 85.1 Å². The molecule has 0 bridgehead atoms. The maximum absolute atomic E-state index is 12.6.